The van der Waals surface area contributed by atoms with Gasteiger partial charge in [-0.25, -0.2) is 0 Å². The molecule has 30 heavy (non-hydrogen) atoms. The summed E-state index contributed by atoms with van der Waals surface area (Å²) in [6, 6.07) is 20.2. The molecule has 0 saturated heterocycles. The monoisotopic (exact) mass is 420 g/mol. The third kappa shape index (κ3) is 4.02. The third-order valence-corrected chi connectivity index (χ3v) is 5.33. The van der Waals surface area contributed by atoms with Crippen LogP contribution < -0.4 is 15.0 Å². The van der Waals surface area contributed by atoms with E-state index in [1.165, 1.54) is 0 Å². The van der Waals surface area contributed by atoms with E-state index in [2.05, 4.69) is 5.32 Å². The molecule has 1 aliphatic rings. The topological polar surface area (TPSA) is 58.6 Å². The second kappa shape index (κ2) is 8.20. The van der Waals surface area contributed by atoms with Crippen molar-refractivity contribution >= 4 is 34.8 Å². The average molecular weight is 421 g/mol. The Hall–Kier alpha value is -3.31. The fraction of sp³-hybridized carbons (Fsp3) is 0.167. The standard InChI is InChI=1S/C24H21ClN2O3/c1-15-7-9-17(10-8-15)14-27-21-13-18(11-12-22(21)30-16(2)24(27)29)26-23(28)19-5-3-4-6-20(19)25/h3-13,16H,14H2,1-2H3,(H,26,28). The fourth-order valence-corrected chi connectivity index (χ4v) is 3.59. The average Bonchev–Trinajstić information content (AvgIpc) is 2.73. The number of anilines is 2. The van der Waals surface area contributed by atoms with Crippen molar-refractivity contribution in [2.24, 2.45) is 0 Å². The lowest BCUT2D eigenvalue weighted by molar-refractivity contribution is -0.125. The summed E-state index contributed by atoms with van der Waals surface area (Å²) in [7, 11) is 0. The summed E-state index contributed by atoms with van der Waals surface area (Å²) in [4.78, 5) is 27.2. The molecule has 0 spiro atoms. The quantitative estimate of drug-likeness (QED) is 0.629. The number of benzene rings is 3. The second-order valence-electron chi connectivity index (χ2n) is 7.29. The molecule has 1 N–H and O–H groups in total. The van der Waals surface area contributed by atoms with Gasteiger partial charge >= 0.3 is 0 Å². The lowest BCUT2D eigenvalue weighted by Crippen LogP contribution is -2.44. The molecule has 0 bridgehead atoms. The zero-order chi connectivity index (χ0) is 21.3. The normalized spacial score (nSPS) is 15.4. The van der Waals surface area contributed by atoms with Gasteiger partial charge in [0.2, 0.25) is 0 Å². The maximum absolute atomic E-state index is 12.9. The number of nitrogens with one attached hydrogen (secondary N) is 1. The van der Waals surface area contributed by atoms with Gasteiger partial charge in [-0.05, 0) is 49.7 Å². The van der Waals surface area contributed by atoms with Crippen molar-refractivity contribution in [3.8, 4) is 5.75 Å². The van der Waals surface area contributed by atoms with Gasteiger partial charge < -0.3 is 15.0 Å². The Morgan fingerprint density at radius 1 is 1.10 bits per heavy atom. The molecule has 1 atom stereocenters. The molecule has 0 saturated carbocycles. The number of carbonyl (C=O) groups excluding carboxylic acids is 2. The minimum atomic E-state index is -0.577. The highest BCUT2D eigenvalue weighted by Crippen LogP contribution is 2.37. The fourth-order valence-electron chi connectivity index (χ4n) is 3.37. The number of nitrogens with zero attached hydrogens (tertiary/aromatic N) is 1. The van der Waals surface area contributed by atoms with E-state index in [1.807, 2.05) is 31.2 Å². The lowest BCUT2D eigenvalue weighted by atomic mass is 10.1. The van der Waals surface area contributed by atoms with Crippen LogP contribution in [0.15, 0.2) is 66.7 Å². The molecule has 6 heteroatoms. The first-order chi connectivity index (χ1) is 14.4. The first-order valence-electron chi connectivity index (χ1n) is 9.66. The molecular weight excluding hydrogens is 400 g/mol. The molecule has 0 aromatic heterocycles. The van der Waals surface area contributed by atoms with Crippen LogP contribution in [0.25, 0.3) is 0 Å². The largest absolute Gasteiger partial charge is 0.479 e. The molecule has 1 unspecified atom stereocenters. The Morgan fingerprint density at radius 3 is 2.57 bits per heavy atom. The van der Waals surface area contributed by atoms with Crippen LogP contribution in [-0.2, 0) is 11.3 Å². The van der Waals surface area contributed by atoms with Gasteiger partial charge in [0.05, 0.1) is 22.8 Å². The Labute approximate surface area is 180 Å². The summed E-state index contributed by atoms with van der Waals surface area (Å²) in [6.45, 7) is 4.18. The number of fused-ring (bicyclic) bond motifs is 1. The van der Waals surface area contributed by atoms with E-state index < -0.39 is 6.10 Å². The van der Waals surface area contributed by atoms with Crippen molar-refractivity contribution in [3.63, 3.8) is 0 Å². The maximum atomic E-state index is 12.9. The number of hydrogen-bond acceptors (Lipinski definition) is 3. The predicted octanol–water partition coefficient (Wildman–Crippen LogP) is 5.21. The van der Waals surface area contributed by atoms with Crippen LogP contribution in [0.3, 0.4) is 0 Å². The van der Waals surface area contributed by atoms with Crippen LogP contribution >= 0.6 is 11.6 Å². The van der Waals surface area contributed by atoms with Crippen LogP contribution in [0.1, 0.15) is 28.4 Å². The van der Waals surface area contributed by atoms with Crippen LogP contribution in [0, 0.1) is 6.92 Å². The highest BCUT2D eigenvalue weighted by molar-refractivity contribution is 6.34. The van der Waals surface area contributed by atoms with Crippen molar-refractivity contribution in [3.05, 3.63) is 88.4 Å². The van der Waals surface area contributed by atoms with E-state index in [1.54, 1.807) is 54.3 Å². The van der Waals surface area contributed by atoms with Crippen LogP contribution in [0.2, 0.25) is 5.02 Å². The summed E-state index contributed by atoms with van der Waals surface area (Å²) in [5.74, 6) is 0.157. The highest BCUT2D eigenvalue weighted by atomic mass is 35.5. The van der Waals surface area contributed by atoms with Crippen molar-refractivity contribution in [2.75, 3.05) is 10.2 Å². The number of amides is 2. The third-order valence-electron chi connectivity index (χ3n) is 5.00. The van der Waals surface area contributed by atoms with Crippen molar-refractivity contribution in [2.45, 2.75) is 26.5 Å². The van der Waals surface area contributed by atoms with Gasteiger partial charge in [-0.15, -0.1) is 0 Å². The first kappa shape index (κ1) is 20.0. The Bertz CT molecular complexity index is 1110. The van der Waals surface area contributed by atoms with Crippen LogP contribution in [-0.4, -0.2) is 17.9 Å². The number of ether oxygens (including phenoxy) is 1. The second-order valence-corrected chi connectivity index (χ2v) is 7.69. The smallest absolute Gasteiger partial charge is 0.268 e. The molecule has 0 radical (unpaired) electrons. The number of rotatable bonds is 4. The van der Waals surface area contributed by atoms with Gasteiger partial charge in [0, 0.05) is 5.69 Å². The molecular formula is C24H21ClN2O3. The van der Waals surface area contributed by atoms with Crippen LogP contribution in [0.4, 0.5) is 11.4 Å². The van der Waals surface area contributed by atoms with E-state index in [4.69, 9.17) is 16.3 Å². The van der Waals surface area contributed by atoms with Gasteiger partial charge in [0.25, 0.3) is 11.8 Å². The van der Waals surface area contributed by atoms with Gasteiger partial charge in [-0.3, -0.25) is 9.59 Å². The Balaban J connectivity index is 1.64. The SMILES string of the molecule is Cc1ccc(CN2C(=O)C(C)Oc3ccc(NC(=O)c4ccccc4Cl)cc32)cc1. The van der Waals surface area contributed by atoms with Crippen molar-refractivity contribution in [1.29, 1.82) is 0 Å². The highest BCUT2D eigenvalue weighted by Gasteiger charge is 2.32. The summed E-state index contributed by atoms with van der Waals surface area (Å²) < 4.78 is 5.77. The molecule has 2 amide bonds. The zero-order valence-corrected chi connectivity index (χ0v) is 17.4. The predicted molar refractivity (Wildman–Crippen MR) is 118 cm³/mol. The van der Waals surface area contributed by atoms with Crippen molar-refractivity contribution < 1.29 is 14.3 Å². The van der Waals surface area contributed by atoms with Gasteiger partial charge in [0.15, 0.2) is 6.10 Å². The molecule has 5 nitrogen and oxygen atoms in total. The van der Waals surface area contributed by atoms with Gasteiger partial charge in [-0.2, -0.15) is 0 Å². The maximum Gasteiger partial charge on any atom is 0.268 e. The molecule has 4 rings (SSSR count). The Kier molecular flexibility index (Phi) is 5.46. The van der Waals surface area contributed by atoms with Gasteiger partial charge in [0.1, 0.15) is 5.75 Å². The molecule has 1 aliphatic heterocycles. The van der Waals surface area contributed by atoms with E-state index in [9.17, 15) is 9.59 Å². The molecule has 3 aromatic carbocycles. The molecule has 1 heterocycles. The number of hydrogen-bond donors (Lipinski definition) is 1. The first-order valence-corrected chi connectivity index (χ1v) is 10.0. The summed E-state index contributed by atoms with van der Waals surface area (Å²) >= 11 is 6.13. The summed E-state index contributed by atoms with van der Waals surface area (Å²) in [6.07, 6.45) is -0.577. The van der Waals surface area contributed by atoms with E-state index in [0.717, 1.165) is 11.1 Å². The lowest BCUT2D eigenvalue weighted by Gasteiger charge is -2.33. The zero-order valence-electron chi connectivity index (χ0n) is 16.7. The van der Waals surface area contributed by atoms with E-state index >= 15 is 0 Å². The minimum absolute atomic E-state index is 0.127. The Morgan fingerprint density at radius 2 is 1.83 bits per heavy atom. The minimum Gasteiger partial charge on any atom is -0.479 e. The molecule has 0 aliphatic carbocycles. The summed E-state index contributed by atoms with van der Waals surface area (Å²) in [5.41, 5.74) is 3.73. The number of aryl methyl sites for hydroxylation is 1. The van der Waals surface area contributed by atoms with E-state index in [-0.39, 0.29) is 11.8 Å². The van der Waals surface area contributed by atoms with Crippen molar-refractivity contribution in [1.82, 2.24) is 0 Å². The van der Waals surface area contributed by atoms with Crippen LogP contribution in [0.5, 0.6) is 5.75 Å². The summed E-state index contributed by atoms with van der Waals surface area (Å²) in [5, 5.41) is 3.23. The van der Waals surface area contributed by atoms with E-state index in [0.29, 0.717) is 34.3 Å². The molecule has 152 valence electrons. The number of halogens is 1. The van der Waals surface area contributed by atoms with Gasteiger partial charge in [-0.1, -0.05) is 53.6 Å². The molecule has 0 fully saturated rings. The molecule has 3 aromatic rings. The number of carbonyl (C=O) groups is 2.